The maximum absolute atomic E-state index is 2.44. The largest absolute Gasteiger partial charge is 0.310 e. The van der Waals surface area contributed by atoms with Crippen molar-refractivity contribution < 1.29 is 0 Å². The SMILES string of the molecule is c1cc(-c2cc3ccccc3c3ccccc23)cc(N(c2ccc(-c3cccc4c3-c3ccccc3CS4)cc2)c2ccccc2-c2cccc3ccccc23)c1. The van der Waals surface area contributed by atoms with Crippen molar-refractivity contribution in [2.24, 2.45) is 0 Å². The molecule has 0 radical (unpaired) electrons. The molecule has 268 valence electrons. The van der Waals surface area contributed by atoms with E-state index in [1.807, 2.05) is 11.8 Å². The first-order valence-corrected chi connectivity index (χ1v) is 20.6. The van der Waals surface area contributed by atoms with Gasteiger partial charge in [-0.1, -0.05) is 170 Å². The van der Waals surface area contributed by atoms with Gasteiger partial charge in [-0.3, -0.25) is 0 Å². The quantitative estimate of drug-likeness (QED) is 0.156. The van der Waals surface area contributed by atoms with Crippen molar-refractivity contribution in [3.8, 4) is 44.5 Å². The highest BCUT2D eigenvalue weighted by atomic mass is 32.2. The molecule has 11 rings (SSSR count). The zero-order chi connectivity index (χ0) is 37.7. The second kappa shape index (κ2) is 14.0. The maximum Gasteiger partial charge on any atom is 0.0540 e. The number of benzene rings is 10. The molecule has 1 aliphatic heterocycles. The van der Waals surface area contributed by atoms with Gasteiger partial charge >= 0.3 is 0 Å². The van der Waals surface area contributed by atoms with Crippen molar-refractivity contribution in [2.45, 2.75) is 10.6 Å². The van der Waals surface area contributed by atoms with Gasteiger partial charge in [0.15, 0.2) is 0 Å². The predicted octanol–water partition coefficient (Wildman–Crippen LogP) is 15.9. The summed E-state index contributed by atoms with van der Waals surface area (Å²) in [5, 5.41) is 7.53. The summed E-state index contributed by atoms with van der Waals surface area (Å²) in [6.45, 7) is 0. The van der Waals surface area contributed by atoms with Crippen LogP contribution in [0.15, 0.2) is 217 Å². The highest BCUT2D eigenvalue weighted by molar-refractivity contribution is 7.98. The monoisotopic (exact) mass is 743 g/mol. The van der Waals surface area contributed by atoms with Gasteiger partial charge in [-0.25, -0.2) is 0 Å². The lowest BCUT2D eigenvalue weighted by molar-refractivity contribution is 1.28. The Balaban J connectivity index is 1.10. The van der Waals surface area contributed by atoms with Gasteiger partial charge in [0.05, 0.1) is 5.69 Å². The lowest BCUT2D eigenvalue weighted by Gasteiger charge is -2.29. The van der Waals surface area contributed by atoms with E-state index in [2.05, 4.69) is 217 Å². The van der Waals surface area contributed by atoms with Gasteiger partial charge in [-0.05, 0) is 114 Å². The van der Waals surface area contributed by atoms with Crippen LogP contribution in [0.3, 0.4) is 0 Å². The molecular formula is C55H37NS. The van der Waals surface area contributed by atoms with E-state index in [1.54, 1.807) is 0 Å². The summed E-state index contributed by atoms with van der Waals surface area (Å²) in [6.07, 6.45) is 0. The first-order valence-electron chi connectivity index (χ1n) is 19.6. The Morgan fingerprint density at radius 2 is 0.982 bits per heavy atom. The van der Waals surface area contributed by atoms with Crippen LogP contribution in [0.4, 0.5) is 17.1 Å². The fourth-order valence-electron chi connectivity index (χ4n) is 8.89. The van der Waals surface area contributed by atoms with Crippen LogP contribution in [0.25, 0.3) is 76.8 Å². The molecule has 57 heavy (non-hydrogen) atoms. The summed E-state index contributed by atoms with van der Waals surface area (Å²) in [5.74, 6) is 1.00. The summed E-state index contributed by atoms with van der Waals surface area (Å²) in [5.41, 5.74) is 14.7. The van der Waals surface area contributed by atoms with Crippen LogP contribution >= 0.6 is 11.8 Å². The smallest absolute Gasteiger partial charge is 0.0540 e. The molecule has 0 bridgehead atoms. The summed E-state index contributed by atoms with van der Waals surface area (Å²) in [4.78, 5) is 3.79. The van der Waals surface area contributed by atoms with Gasteiger partial charge in [-0.15, -0.1) is 11.8 Å². The molecule has 1 nitrogen and oxygen atoms in total. The van der Waals surface area contributed by atoms with Gasteiger partial charge in [0, 0.05) is 33.2 Å². The number of para-hydroxylation sites is 1. The Morgan fingerprint density at radius 1 is 0.351 bits per heavy atom. The summed E-state index contributed by atoms with van der Waals surface area (Å²) in [7, 11) is 0. The highest BCUT2D eigenvalue weighted by Gasteiger charge is 2.22. The standard InChI is InChI=1S/C55H37NS/c1-4-20-44-37(14-1)17-12-27-49(44)51-25-9-10-28-53(51)56(42-32-30-38(31-33-42)46-26-13-29-54-55(46)47-22-6-3-16-41(47)36-57-54)43-19-11-18-39(34-43)52-35-40-15-2-5-21-45(40)48-23-7-8-24-50(48)52/h1-35H,36H2. The fraction of sp³-hybridized carbons (Fsp3) is 0.0182. The van der Waals surface area contributed by atoms with Gasteiger partial charge in [0.25, 0.3) is 0 Å². The normalized spacial score (nSPS) is 12.1. The van der Waals surface area contributed by atoms with E-state index in [-0.39, 0.29) is 0 Å². The number of nitrogens with zero attached hydrogens (tertiary/aromatic N) is 1. The zero-order valence-corrected chi connectivity index (χ0v) is 32.1. The van der Waals surface area contributed by atoms with Gasteiger partial charge in [0.1, 0.15) is 0 Å². The lowest BCUT2D eigenvalue weighted by Crippen LogP contribution is -2.11. The predicted molar refractivity (Wildman–Crippen MR) is 245 cm³/mol. The van der Waals surface area contributed by atoms with Gasteiger partial charge in [-0.2, -0.15) is 0 Å². The first-order chi connectivity index (χ1) is 28.3. The number of anilines is 3. The molecule has 1 aliphatic rings. The minimum atomic E-state index is 1.00. The van der Waals surface area contributed by atoms with Crippen molar-refractivity contribution in [3.63, 3.8) is 0 Å². The molecule has 1 heterocycles. The third kappa shape index (κ3) is 5.80. The number of hydrogen-bond acceptors (Lipinski definition) is 2. The zero-order valence-electron chi connectivity index (χ0n) is 31.3. The molecule has 0 saturated heterocycles. The molecule has 0 aromatic heterocycles. The summed E-state index contributed by atoms with van der Waals surface area (Å²) >= 11 is 1.94. The third-order valence-corrected chi connectivity index (χ3v) is 12.6. The van der Waals surface area contributed by atoms with Crippen molar-refractivity contribution in [1.82, 2.24) is 0 Å². The Labute approximate surface area is 337 Å². The van der Waals surface area contributed by atoms with Crippen LogP contribution in [0.1, 0.15) is 5.56 Å². The number of hydrogen-bond donors (Lipinski definition) is 0. The molecule has 10 aromatic rings. The summed E-state index contributed by atoms with van der Waals surface area (Å²) < 4.78 is 0. The number of thioether (sulfide) groups is 1. The van der Waals surface area contributed by atoms with E-state index in [9.17, 15) is 0 Å². The molecule has 0 atom stereocenters. The molecule has 0 aliphatic carbocycles. The Morgan fingerprint density at radius 3 is 1.86 bits per heavy atom. The van der Waals surface area contributed by atoms with E-state index < -0.39 is 0 Å². The third-order valence-electron chi connectivity index (χ3n) is 11.5. The van der Waals surface area contributed by atoms with Crippen LogP contribution in [-0.2, 0) is 5.75 Å². The molecule has 0 saturated carbocycles. The molecule has 0 amide bonds. The van der Waals surface area contributed by atoms with Crippen molar-refractivity contribution in [3.05, 3.63) is 218 Å². The number of rotatable bonds is 6. The van der Waals surface area contributed by atoms with E-state index >= 15 is 0 Å². The second-order valence-electron chi connectivity index (χ2n) is 14.8. The average molecular weight is 744 g/mol. The van der Waals surface area contributed by atoms with E-state index in [0.717, 1.165) is 22.8 Å². The second-order valence-corrected chi connectivity index (χ2v) is 15.8. The van der Waals surface area contributed by atoms with Crippen molar-refractivity contribution in [1.29, 1.82) is 0 Å². The van der Waals surface area contributed by atoms with E-state index in [0.29, 0.717) is 0 Å². The van der Waals surface area contributed by atoms with Gasteiger partial charge < -0.3 is 4.90 Å². The van der Waals surface area contributed by atoms with E-state index in [1.165, 1.54) is 87.3 Å². The van der Waals surface area contributed by atoms with Crippen LogP contribution in [0.5, 0.6) is 0 Å². The van der Waals surface area contributed by atoms with Crippen LogP contribution in [-0.4, -0.2) is 0 Å². The summed E-state index contributed by atoms with van der Waals surface area (Å²) in [6, 6.07) is 78.0. The average Bonchev–Trinajstić information content (AvgIpc) is 3.29. The minimum Gasteiger partial charge on any atom is -0.310 e. The molecule has 0 N–H and O–H groups in total. The molecule has 2 heteroatoms. The Hall–Kier alpha value is -6.87. The van der Waals surface area contributed by atoms with Crippen molar-refractivity contribution >= 4 is 61.1 Å². The molecule has 0 unspecified atom stereocenters. The Bertz CT molecular complexity index is 3140. The first kappa shape index (κ1) is 33.5. The van der Waals surface area contributed by atoms with Crippen LogP contribution < -0.4 is 4.90 Å². The number of fused-ring (bicyclic) bond motifs is 7. The van der Waals surface area contributed by atoms with Crippen molar-refractivity contribution in [2.75, 3.05) is 4.90 Å². The fourth-order valence-corrected chi connectivity index (χ4v) is 10.00. The van der Waals surface area contributed by atoms with Crippen LogP contribution in [0, 0.1) is 0 Å². The van der Waals surface area contributed by atoms with Crippen LogP contribution in [0.2, 0.25) is 0 Å². The maximum atomic E-state index is 2.44. The minimum absolute atomic E-state index is 1.00. The molecule has 0 spiro atoms. The topological polar surface area (TPSA) is 3.24 Å². The molecule has 10 aromatic carbocycles. The lowest BCUT2D eigenvalue weighted by atomic mass is 9.91. The highest BCUT2D eigenvalue weighted by Crippen LogP contribution is 2.48. The molecular weight excluding hydrogens is 707 g/mol. The van der Waals surface area contributed by atoms with Gasteiger partial charge in [0.2, 0.25) is 0 Å². The Kier molecular flexibility index (Phi) is 8.23. The molecule has 0 fully saturated rings. The van der Waals surface area contributed by atoms with E-state index in [4.69, 9.17) is 0 Å².